The number of fused-ring (bicyclic) bond motifs is 2. The Kier molecular flexibility index (Phi) is 4.11. The fourth-order valence-corrected chi connectivity index (χ4v) is 5.56. The van der Waals surface area contributed by atoms with Crippen LogP contribution in [0.15, 0.2) is 0 Å². The number of aliphatic hydroxyl groups is 2. The van der Waals surface area contributed by atoms with Crippen molar-refractivity contribution in [1.82, 2.24) is 0 Å². The molecule has 0 aromatic heterocycles. The molecule has 4 heteroatoms. The number of ether oxygens (including phenoxy) is 2. The van der Waals surface area contributed by atoms with Gasteiger partial charge in [0, 0.05) is 18.4 Å². The van der Waals surface area contributed by atoms with Crippen molar-refractivity contribution in [3.8, 4) is 0 Å². The van der Waals surface area contributed by atoms with E-state index in [1.165, 1.54) is 0 Å². The zero-order valence-corrected chi connectivity index (χ0v) is 13.4. The van der Waals surface area contributed by atoms with Gasteiger partial charge in [0.15, 0.2) is 5.79 Å². The maximum absolute atomic E-state index is 10.7. The predicted octanol–water partition coefficient (Wildman–Crippen LogP) is 2.47. The molecule has 4 atom stereocenters. The Bertz CT molecular complexity index is 379. The third-order valence-corrected chi connectivity index (χ3v) is 6.76. The third-order valence-electron chi connectivity index (χ3n) is 6.76. The van der Waals surface area contributed by atoms with E-state index in [1.807, 2.05) is 0 Å². The highest BCUT2D eigenvalue weighted by atomic mass is 16.7. The molecular formula is C17H30O4. The van der Waals surface area contributed by atoms with E-state index in [9.17, 15) is 10.2 Å². The van der Waals surface area contributed by atoms with Crippen LogP contribution in [0, 0.1) is 16.7 Å². The normalized spacial score (nSPS) is 45.7. The van der Waals surface area contributed by atoms with Crippen molar-refractivity contribution in [1.29, 1.82) is 0 Å². The molecule has 0 aromatic rings. The highest BCUT2D eigenvalue weighted by Crippen LogP contribution is 2.64. The van der Waals surface area contributed by atoms with Crippen LogP contribution in [0.3, 0.4) is 0 Å². The Labute approximate surface area is 127 Å². The lowest BCUT2D eigenvalue weighted by Crippen LogP contribution is -2.63. The van der Waals surface area contributed by atoms with Gasteiger partial charge in [0.1, 0.15) is 0 Å². The molecule has 0 unspecified atom stereocenters. The fourth-order valence-electron chi connectivity index (χ4n) is 5.56. The second kappa shape index (κ2) is 5.48. The Morgan fingerprint density at radius 1 is 1.10 bits per heavy atom. The maximum atomic E-state index is 10.7. The highest BCUT2D eigenvalue weighted by molar-refractivity contribution is 5.10. The monoisotopic (exact) mass is 298 g/mol. The average Bonchev–Trinajstić information content (AvgIpc) is 2.94. The van der Waals surface area contributed by atoms with Gasteiger partial charge in [-0.3, -0.25) is 0 Å². The Morgan fingerprint density at radius 3 is 2.48 bits per heavy atom. The molecule has 2 aliphatic carbocycles. The zero-order chi connectivity index (χ0) is 15.1. The Morgan fingerprint density at radius 2 is 1.81 bits per heavy atom. The van der Waals surface area contributed by atoms with Crippen LogP contribution >= 0.6 is 0 Å². The topological polar surface area (TPSA) is 58.9 Å². The first-order chi connectivity index (χ1) is 9.98. The van der Waals surface area contributed by atoms with Crippen LogP contribution in [0.25, 0.3) is 0 Å². The fraction of sp³-hybridized carbons (Fsp3) is 1.00. The minimum atomic E-state index is -0.434. The summed E-state index contributed by atoms with van der Waals surface area (Å²) in [6.45, 7) is 6.11. The van der Waals surface area contributed by atoms with Gasteiger partial charge in [-0.2, -0.15) is 0 Å². The van der Waals surface area contributed by atoms with Crippen LogP contribution in [-0.4, -0.2) is 41.9 Å². The van der Waals surface area contributed by atoms with E-state index in [0.29, 0.717) is 19.1 Å². The Hall–Kier alpha value is -0.160. The minimum absolute atomic E-state index is 0.0226. The molecule has 1 heterocycles. The first kappa shape index (κ1) is 15.7. The number of hydrogen-bond acceptors (Lipinski definition) is 4. The van der Waals surface area contributed by atoms with Crippen molar-refractivity contribution in [3.05, 3.63) is 0 Å². The first-order valence-corrected chi connectivity index (χ1v) is 8.55. The molecule has 2 saturated carbocycles. The second-order valence-corrected chi connectivity index (χ2v) is 7.70. The van der Waals surface area contributed by atoms with Crippen molar-refractivity contribution < 1.29 is 19.7 Å². The summed E-state index contributed by atoms with van der Waals surface area (Å²) >= 11 is 0. The van der Waals surface area contributed by atoms with Crippen LogP contribution in [0.4, 0.5) is 0 Å². The minimum Gasteiger partial charge on any atom is -0.396 e. The van der Waals surface area contributed by atoms with Crippen LogP contribution in [0.5, 0.6) is 0 Å². The average molecular weight is 298 g/mol. The lowest BCUT2D eigenvalue weighted by molar-refractivity contribution is -0.302. The molecule has 0 radical (unpaired) electrons. The summed E-state index contributed by atoms with van der Waals surface area (Å²) in [5, 5.41) is 19.9. The third kappa shape index (κ3) is 2.18. The number of hydrogen-bond donors (Lipinski definition) is 2. The van der Waals surface area contributed by atoms with Gasteiger partial charge in [0.25, 0.3) is 0 Å². The van der Waals surface area contributed by atoms with E-state index in [4.69, 9.17) is 9.47 Å². The molecule has 1 saturated heterocycles. The molecule has 1 spiro atoms. The summed E-state index contributed by atoms with van der Waals surface area (Å²) in [5.74, 6) is -0.0385. The van der Waals surface area contributed by atoms with Crippen molar-refractivity contribution in [2.75, 3.05) is 19.8 Å². The number of aliphatic hydroxyl groups excluding tert-OH is 2. The van der Waals surface area contributed by atoms with Crippen molar-refractivity contribution in [3.63, 3.8) is 0 Å². The van der Waals surface area contributed by atoms with Gasteiger partial charge in [-0.15, -0.1) is 0 Å². The zero-order valence-electron chi connectivity index (χ0n) is 13.4. The van der Waals surface area contributed by atoms with Crippen molar-refractivity contribution in [2.45, 2.75) is 70.7 Å². The van der Waals surface area contributed by atoms with Gasteiger partial charge < -0.3 is 19.7 Å². The number of rotatable bonds is 3. The largest absolute Gasteiger partial charge is 0.396 e. The van der Waals surface area contributed by atoms with Gasteiger partial charge in [-0.1, -0.05) is 13.8 Å². The van der Waals surface area contributed by atoms with Crippen LogP contribution in [-0.2, 0) is 9.47 Å². The summed E-state index contributed by atoms with van der Waals surface area (Å²) in [6, 6.07) is 0. The maximum Gasteiger partial charge on any atom is 0.174 e. The SMILES string of the molecule is C[C@@]1(CCCO)[C@H](O)CC[C@]2(C)[C@H]1CCCC21OCCO1. The summed E-state index contributed by atoms with van der Waals surface area (Å²) < 4.78 is 12.3. The molecule has 4 nitrogen and oxygen atoms in total. The quantitative estimate of drug-likeness (QED) is 0.840. The lowest BCUT2D eigenvalue weighted by Gasteiger charge is -2.62. The second-order valence-electron chi connectivity index (χ2n) is 7.70. The van der Waals surface area contributed by atoms with Gasteiger partial charge >= 0.3 is 0 Å². The van der Waals surface area contributed by atoms with Crippen LogP contribution in [0.1, 0.15) is 58.8 Å². The van der Waals surface area contributed by atoms with E-state index in [-0.39, 0.29) is 23.5 Å². The van der Waals surface area contributed by atoms with Gasteiger partial charge in [0.05, 0.1) is 19.3 Å². The summed E-state index contributed by atoms with van der Waals surface area (Å²) in [4.78, 5) is 0. The van der Waals surface area contributed by atoms with E-state index < -0.39 is 5.79 Å². The molecule has 21 heavy (non-hydrogen) atoms. The molecule has 3 aliphatic rings. The Balaban J connectivity index is 1.94. The first-order valence-electron chi connectivity index (χ1n) is 8.55. The molecule has 1 aliphatic heterocycles. The summed E-state index contributed by atoms with van der Waals surface area (Å²) in [5.41, 5.74) is -0.163. The molecule has 0 amide bonds. The predicted molar refractivity (Wildman–Crippen MR) is 79.8 cm³/mol. The van der Waals surface area contributed by atoms with E-state index in [1.54, 1.807) is 0 Å². The van der Waals surface area contributed by atoms with E-state index in [2.05, 4.69) is 13.8 Å². The molecule has 122 valence electrons. The van der Waals surface area contributed by atoms with Crippen LogP contribution in [0.2, 0.25) is 0 Å². The molecule has 3 rings (SSSR count). The molecule has 2 N–H and O–H groups in total. The lowest BCUT2D eigenvalue weighted by atomic mass is 9.47. The smallest absolute Gasteiger partial charge is 0.174 e. The summed E-state index contributed by atoms with van der Waals surface area (Å²) in [6.07, 6.45) is 6.34. The van der Waals surface area contributed by atoms with Gasteiger partial charge in [-0.25, -0.2) is 0 Å². The molecule has 0 bridgehead atoms. The standard InChI is InChI=1S/C17H30O4/c1-15(7-4-10-18)13-5-3-8-17(20-11-12-21-17)16(13,2)9-6-14(15)19/h13-14,18-19H,3-12H2,1-2H3/t13-,14+,15-,16+/m0/s1. The highest BCUT2D eigenvalue weighted by Gasteiger charge is 2.65. The van der Waals surface area contributed by atoms with Gasteiger partial charge in [-0.05, 0) is 49.9 Å². The van der Waals surface area contributed by atoms with Crippen LogP contribution < -0.4 is 0 Å². The van der Waals surface area contributed by atoms with E-state index in [0.717, 1.165) is 44.9 Å². The molecular weight excluding hydrogens is 268 g/mol. The van der Waals surface area contributed by atoms with Crippen molar-refractivity contribution in [2.24, 2.45) is 16.7 Å². The molecule has 3 fully saturated rings. The van der Waals surface area contributed by atoms with E-state index >= 15 is 0 Å². The van der Waals surface area contributed by atoms with Crippen molar-refractivity contribution >= 4 is 0 Å². The van der Waals surface area contributed by atoms with Gasteiger partial charge in [0.2, 0.25) is 0 Å². The molecule has 0 aromatic carbocycles. The summed E-state index contributed by atoms with van der Waals surface area (Å²) in [7, 11) is 0.